The van der Waals surface area contributed by atoms with Crippen molar-refractivity contribution >= 4 is 38.9 Å². The third kappa shape index (κ3) is 2.48. The molecule has 0 aliphatic heterocycles. The average molecular weight is 367 g/mol. The van der Waals surface area contributed by atoms with Crippen LogP contribution in [0.2, 0.25) is 0 Å². The highest BCUT2D eigenvalue weighted by Crippen LogP contribution is 2.35. The molecule has 1 amide bonds. The quantitative estimate of drug-likeness (QED) is 0.541. The summed E-state index contributed by atoms with van der Waals surface area (Å²) in [7, 11) is 0. The number of hydrogen-bond acceptors (Lipinski definition) is 4. The lowest BCUT2D eigenvalue weighted by Gasteiger charge is -2.05. The molecule has 0 fully saturated rings. The molecule has 1 unspecified atom stereocenters. The van der Waals surface area contributed by atoms with Crippen LogP contribution in [0.25, 0.3) is 32.9 Å². The molecule has 4 rings (SSSR count). The number of benzene rings is 2. The van der Waals surface area contributed by atoms with Gasteiger partial charge in [-0.25, -0.2) is 0 Å². The van der Waals surface area contributed by atoms with E-state index in [1.54, 1.807) is 12.3 Å². The topological polar surface area (TPSA) is 108 Å². The Hall–Kier alpha value is -2.77. The number of rotatable bonds is 3. The fourth-order valence-electron chi connectivity index (χ4n) is 3.40. The van der Waals surface area contributed by atoms with Crippen LogP contribution < -0.4 is 5.73 Å². The van der Waals surface area contributed by atoms with Gasteiger partial charge in [0.2, 0.25) is 0 Å². The summed E-state index contributed by atoms with van der Waals surface area (Å²) < 4.78 is 17.0. The van der Waals surface area contributed by atoms with Crippen LogP contribution in [0.4, 0.5) is 0 Å². The molecule has 0 aliphatic carbocycles. The predicted molar refractivity (Wildman–Crippen MR) is 102 cm³/mol. The van der Waals surface area contributed by atoms with E-state index in [1.165, 1.54) is 0 Å². The van der Waals surface area contributed by atoms with Crippen LogP contribution in [-0.4, -0.2) is 26.9 Å². The molecule has 4 aromatic rings. The van der Waals surface area contributed by atoms with Gasteiger partial charge in [-0.15, -0.1) is 0 Å². The van der Waals surface area contributed by atoms with Crippen molar-refractivity contribution in [1.82, 2.24) is 10.1 Å². The average Bonchev–Trinajstić information content (AvgIpc) is 3.12. The lowest BCUT2D eigenvalue weighted by atomic mass is 9.98. The number of hydrogen-bond donors (Lipinski definition) is 2. The van der Waals surface area contributed by atoms with E-state index in [0.29, 0.717) is 16.8 Å². The monoisotopic (exact) mass is 367 g/mol. The number of primary amides is 1. The summed E-state index contributed by atoms with van der Waals surface area (Å²) in [5, 5.41) is 5.81. The van der Waals surface area contributed by atoms with Crippen molar-refractivity contribution in [2.45, 2.75) is 18.7 Å². The molecule has 0 radical (unpaired) electrons. The van der Waals surface area contributed by atoms with Crippen molar-refractivity contribution < 1.29 is 13.9 Å². The largest absolute Gasteiger partial charge is 0.612 e. The van der Waals surface area contributed by atoms with E-state index in [9.17, 15) is 9.35 Å². The molecule has 2 heterocycles. The molecule has 6 nitrogen and oxygen atoms in total. The minimum atomic E-state index is -1.09. The number of aryl methyl sites for hydroxylation is 2. The van der Waals surface area contributed by atoms with E-state index in [1.807, 2.05) is 38.1 Å². The Morgan fingerprint density at radius 2 is 2.00 bits per heavy atom. The zero-order chi connectivity index (χ0) is 18.6. The number of nitrogens with one attached hydrogen (secondary N) is 1. The van der Waals surface area contributed by atoms with Crippen LogP contribution in [-0.2, 0) is 11.2 Å². The number of nitrogens with zero attached hydrogens (tertiary/aromatic N) is 1. The fraction of sp³-hybridized carbons (Fsp3) is 0.158. The van der Waals surface area contributed by atoms with E-state index in [2.05, 4.69) is 10.1 Å². The number of aromatic nitrogens is 2. The van der Waals surface area contributed by atoms with Gasteiger partial charge in [0.05, 0.1) is 22.3 Å². The molecule has 3 N–H and O–H groups in total. The number of fused-ring (bicyclic) bond motifs is 3. The maximum Gasteiger partial charge on any atom is 0.250 e. The first kappa shape index (κ1) is 16.7. The Bertz CT molecular complexity index is 1150. The maximum atomic E-state index is 12.1. The first-order chi connectivity index (χ1) is 12.4. The van der Waals surface area contributed by atoms with Gasteiger partial charge in [-0.05, 0) is 54.9 Å². The van der Waals surface area contributed by atoms with Gasteiger partial charge in [0.25, 0.3) is 5.91 Å². The number of nitrogens with two attached hydrogens (primary N) is 1. The Kier molecular flexibility index (Phi) is 3.78. The first-order valence-corrected chi connectivity index (χ1v) is 9.58. The SMILES string of the molecule is Cc1noc(C)c1-c1cc(C(N)=O)c2[nH]c3cc([S+](C)[O-])ccc3c2c1. The molecule has 0 aliphatic rings. The van der Waals surface area contributed by atoms with Gasteiger partial charge in [-0.1, -0.05) is 5.16 Å². The molecule has 132 valence electrons. The van der Waals surface area contributed by atoms with Gasteiger partial charge in [0.15, 0.2) is 4.90 Å². The second kappa shape index (κ2) is 5.89. The Labute approximate surface area is 152 Å². The Morgan fingerprint density at radius 3 is 2.62 bits per heavy atom. The molecule has 0 bridgehead atoms. The number of amides is 1. The van der Waals surface area contributed by atoms with Crippen molar-refractivity contribution in [3.63, 3.8) is 0 Å². The van der Waals surface area contributed by atoms with Crippen LogP contribution >= 0.6 is 0 Å². The molecular weight excluding hydrogens is 350 g/mol. The van der Waals surface area contributed by atoms with Crippen molar-refractivity contribution in [2.75, 3.05) is 6.26 Å². The number of carbonyl (C=O) groups is 1. The van der Waals surface area contributed by atoms with Gasteiger partial charge >= 0.3 is 0 Å². The summed E-state index contributed by atoms with van der Waals surface area (Å²) in [6.45, 7) is 3.69. The van der Waals surface area contributed by atoms with Crippen LogP contribution in [0.5, 0.6) is 0 Å². The zero-order valence-corrected chi connectivity index (χ0v) is 15.4. The molecule has 0 spiro atoms. The molecule has 26 heavy (non-hydrogen) atoms. The lowest BCUT2D eigenvalue weighted by molar-refractivity contribution is 0.100. The maximum absolute atomic E-state index is 12.1. The second-order valence-electron chi connectivity index (χ2n) is 6.30. The van der Waals surface area contributed by atoms with Crippen LogP contribution in [0.3, 0.4) is 0 Å². The smallest absolute Gasteiger partial charge is 0.250 e. The van der Waals surface area contributed by atoms with Crippen LogP contribution in [0.1, 0.15) is 21.8 Å². The summed E-state index contributed by atoms with van der Waals surface area (Å²) in [4.78, 5) is 16.0. The van der Waals surface area contributed by atoms with Gasteiger partial charge < -0.3 is 19.8 Å². The molecule has 2 aromatic heterocycles. The van der Waals surface area contributed by atoms with Crippen LogP contribution in [0.15, 0.2) is 39.8 Å². The summed E-state index contributed by atoms with van der Waals surface area (Å²) >= 11 is -1.09. The highest BCUT2D eigenvalue weighted by atomic mass is 32.2. The van der Waals surface area contributed by atoms with Gasteiger partial charge in [0, 0.05) is 22.4 Å². The van der Waals surface area contributed by atoms with Crippen molar-refractivity contribution in [3.05, 3.63) is 47.3 Å². The summed E-state index contributed by atoms with van der Waals surface area (Å²) in [5.41, 5.74) is 9.94. The number of carbonyl (C=O) groups excluding carboxylic acids is 1. The van der Waals surface area contributed by atoms with E-state index < -0.39 is 17.1 Å². The molecular formula is C19H17N3O3S. The predicted octanol–water partition coefficient (Wildman–Crippen LogP) is 3.43. The van der Waals surface area contributed by atoms with E-state index in [4.69, 9.17) is 10.3 Å². The first-order valence-electron chi connectivity index (χ1n) is 8.02. The molecule has 2 aromatic carbocycles. The molecule has 1 atom stereocenters. The van der Waals surface area contributed by atoms with E-state index in [0.717, 1.165) is 38.0 Å². The molecule has 0 saturated heterocycles. The Morgan fingerprint density at radius 1 is 1.23 bits per heavy atom. The lowest BCUT2D eigenvalue weighted by Crippen LogP contribution is -2.11. The minimum absolute atomic E-state index is 0.396. The third-order valence-electron chi connectivity index (χ3n) is 4.60. The van der Waals surface area contributed by atoms with Crippen molar-refractivity contribution in [1.29, 1.82) is 0 Å². The second-order valence-corrected chi connectivity index (χ2v) is 7.68. The molecule has 7 heteroatoms. The fourth-order valence-corrected chi connectivity index (χ4v) is 3.94. The van der Waals surface area contributed by atoms with Gasteiger partial charge in [0.1, 0.15) is 12.0 Å². The minimum Gasteiger partial charge on any atom is -0.612 e. The summed E-state index contributed by atoms with van der Waals surface area (Å²) in [6, 6.07) is 9.33. The highest BCUT2D eigenvalue weighted by molar-refractivity contribution is 7.90. The van der Waals surface area contributed by atoms with Crippen molar-refractivity contribution in [2.24, 2.45) is 5.73 Å². The normalized spacial score (nSPS) is 12.8. The zero-order valence-electron chi connectivity index (χ0n) is 14.5. The van der Waals surface area contributed by atoms with Gasteiger partial charge in [-0.2, -0.15) is 0 Å². The number of aromatic amines is 1. The van der Waals surface area contributed by atoms with Crippen molar-refractivity contribution in [3.8, 4) is 11.1 Å². The highest BCUT2D eigenvalue weighted by Gasteiger charge is 2.19. The summed E-state index contributed by atoms with van der Waals surface area (Å²) in [6.07, 6.45) is 1.63. The third-order valence-corrected chi connectivity index (χ3v) is 5.52. The molecule has 0 saturated carbocycles. The summed E-state index contributed by atoms with van der Waals surface area (Å²) in [5.74, 6) is 0.162. The standard InChI is InChI=1S/C19H17N3O3S/c1-9-17(10(2)25-22-9)11-6-14-13-5-4-12(26(3)24)8-16(13)21-18(14)15(7-11)19(20)23/h4-8,21H,1-3H3,(H2,20,23). The number of H-pyrrole nitrogens is 1. The van der Waals surface area contributed by atoms with E-state index in [-0.39, 0.29) is 0 Å². The Balaban J connectivity index is 2.08. The van der Waals surface area contributed by atoms with E-state index >= 15 is 0 Å². The van der Waals surface area contributed by atoms with Gasteiger partial charge in [-0.3, -0.25) is 4.79 Å². The van der Waals surface area contributed by atoms with Crippen LogP contribution in [0, 0.1) is 13.8 Å².